The highest BCUT2D eigenvalue weighted by molar-refractivity contribution is 7.89. The second kappa shape index (κ2) is 10.5. The van der Waals surface area contributed by atoms with E-state index in [1.807, 2.05) is 0 Å². The maximum atomic E-state index is 11.7. The van der Waals surface area contributed by atoms with E-state index in [-0.39, 0.29) is 5.75 Å². The molecule has 20 heavy (non-hydrogen) atoms. The second-order valence-electron chi connectivity index (χ2n) is 5.54. The first-order chi connectivity index (χ1) is 9.64. The van der Waals surface area contributed by atoms with E-state index in [0.29, 0.717) is 19.6 Å². The van der Waals surface area contributed by atoms with Gasteiger partial charge in [0.2, 0.25) is 10.0 Å². The van der Waals surface area contributed by atoms with Gasteiger partial charge in [-0.1, -0.05) is 6.92 Å². The molecule has 1 fully saturated rings. The number of unbranched alkanes of at least 4 members (excludes halogenated alkanes) is 1. The van der Waals surface area contributed by atoms with Gasteiger partial charge in [0.05, 0.1) is 5.75 Å². The lowest BCUT2D eigenvalue weighted by Crippen LogP contribution is -2.28. The molecule has 6 heteroatoms. The smallest absolute Gasteiger partial charge is 0.211 e. The summed E-state index contributed by atoms with van der Waals surface area (Å²) in [5.74, 6) is 0.997. The Kier molecular flexibility index (Phi) is 9.42. The van der Waals surface area contributed by atoms with Crippen molar-refractivity contribution in [1.29, 1.82) is 0 Å². The zero-order valence-corrected chi connectivity index (χ0v) is 13.5. The Balaban J connectivity index is 1.88. The molecule has 0 atom stereocenters. The van der Waals surface area contributed by atoms with E-state index >= 15 is 0 Å². The number of ether oxygens (including phenoxy) is 1. The number of rotatable bonds is 14. The van der Waals surface area contributed by atoms with Crippen LogP contribution in [0.1, 0.15) is 45.4 Å². The van der Waals surface area contributed by atoms with Gasteiger partial charge in [0.25, 0.3) is 0 Å². The molecule has 0 aromatic carbocycles. The third-order valence-electron chi connectivity index (χ3n) is 3.28. The van der Waals surface area contributed by atoms with Crippen molar-refractivity contribution >= 4 is 10.0 Å². The largest absolute Gasteiger partial charge is 0.381 e. The first-order valence-electron chi connectivity index (χ1n) is 7.90. The molecule has 1 aliphatic rings. The molecule has 0 heterocycles. The highest BCUT2D eigenvalue weighted by Gasteiger charge is 2.20. The summed E-state index contributed by atoms with van der Waals surface area (Å²) in [7, 11) is -3.10. The molecule has 1 aliphatic carbocycles. The van der Waals surface area contributed by atoms with Crippen molar-refractivity contribution in [2.75, 3.05) is 38.6 Å². The van der Waals surface area contributed by atoms with E-state index in [1.54, 1.807) is 0 Å². The Hall–Kier alpha value is -0.170. The average Bonchev–Trinajstić information content (AvgIpc) is 3.22. The van der Waals surface area contributed by atoms with Gasteiger partial charge in [-0.3, -0.25) is 0 Å². The van der Waals surface area contributed by atoms with Crippen LogP contribution in [0.15, 0.2) is 0 Å². The van der Waals surface area contributed by atoms with Gasteiger partial charge < -0.3 is 10.1 Å². The maximum absolute atomic E-state index is 11.7. The van der Waals surface area contributed by atoms with Gasteiger partial charge in [-0.15, -0.1) is 0 Å². The molecular formula is C14H30N2O3S. The molecule has 0 radical (unpaired) electrons. The molecule has 2 N–H and O–H groups in total. The molecule has 0 saturated heterocycles. The van der Waals surface area contributed by atoms with E-state index < -0.39 is 10.0 Å². The molecule has 0 amide bonds. The number of hydrogen-bond acceptors (Lipinski definition) is 4. The van der Waals surface area contributed by atoms with Gasteiger partial charge in [0, 0.05) is 19.8 Å². The lowest BCUT2D eigenvalue weighted by atomic mass is 10.3. The minimum Gasteiger partial charge on any atom is -0.381 e. The summed E-state index contributed by atoms with van der Waals surface area (Å²) in [6.07, 6.45) is 6.07. The van der Waals surface area contributed by atoms with Gasteiger partial charge in [0.1, 0.15) is 0 Å². The summed E-state index contributed by atoms with van der Waals surface area (Å²) < 4.78 is 31.5. The number of sulfonamides is 1. The minimum absolute atomic E-state index is 0.226. The molecule has 0 aliphatic heterocycles. The van der Waals surface area contributed by atoms with Crippen LogP contribution in [0.3, 0.4) is 0 Å². The molecule has 1 rings (SSSR count). The Morgan fingerprint density at radius 3 is 2.60 bits per heavy atom. The molecule has 0 spiro atoms. The predicted molar refractivity (Wildman–Crippen MR) is 82.3 cm³/mol. The van der Waals surface area contributed by atoms with Crippen molar-refractivity contribution < 1.29 is 13.2 Å². The molecule has 1 saturated carbocycles. The summed E-state index contributed by atoms with van der Waals surface area (Å²) in [6, 6.07) is 0. The molecule has 0 bridgehead atoms. The molecule has 5 nitrogen and oxygen atoms in total. The van der Waals surface area contributed by atoms with Crippen LogP contribution in [-0.2, 0) is 14.8 Å². The van der Waals surface area contributed by atoms with E-state index in [0.717, 1.165) is 44.9 Å². The zero-order chi connectivity index (χ0) is 14.7. The summed E-state index contributed by atoms with van der Waals surface area (Å²) in [5.41, 5.74) is 0. The first-order valence-corrected chi connectivity index (χ1v) is 9.55. The summed E-state index contributed by atoms with van der Waals surface area (Å²) in [4.78, 5) is 0. The maximum Gasteiger partial charge on any atom is 0.211 e. The third-order valence-corrected chi connectivity index (χ3v) is 4.75. The molecular weight excluding hydrogens is 276 g/mol. The van der Waals surface area contributed by atoms with Crippen molar-refractivity contribution in [3.05, 3.63) is 0 Å². The Morgan fingerprint density at radius 1 is 1.10 bits per heavy atom. The summed E-state index contributed by atoms with van der Waals surface area (Å²) in [6.45, 7) is 6.01. The zero-order valence-electron chi connectivity index (χ0n) is 12.7. The van der Waals surface area contributed by atoms with E-state index in [9.17, 15) is 8.42 Å². The standard InChI is InChI=1S/C14H30N2O3S/c1-2-8-15-9-3-4-12-20(17,18)16-10-5-11-19-13-14-6-7-14/h14-16H,2-13H2,1H3. The second-order valence-corrected chi connectivity index (χ2v) is 7.47. The normalized spacial score (nSPS) is 15.7. The first kappa shape index (κ1) is 17.9. The van der Waals surface area contributed by atoms with Crippen molar-refractivity contribution in [2.24, 2.45) is 5.92 Å². The Bertz CT molecular complexity index is 329. The van der Waals surface area contributed by atoms with Crippen LogP contribution in [-0.4, -0.2) is 47.0 Å². The van der Waals surface area contributed by atoms with Gasteiger partial charge >= 0.3 is 0 Å². The van der Waals surface area contributed by atoms with Crippen LogP contribution in [0.5, 0.6) is 0 Å². The SMILES string of the molecule is CCCNCCCCS(=O)(=O)NCCCOCC1CC1. The Labute approximate surface area is 123 Å². The fourth-order valence-electron chi connectivity index (χ4n) is 1.85. The predicted octanol–water partition coefficient (Wildman–Crippen LogP) is 1.50. The van der Waals surface area contributed by atoms with Crippen molar-refractivity contribution in [1.82, 2.24) is 10.0 Å². The summed E-state index contributed by atoms with van der Waals surface area (Å²) in [5, 5.41) is 3.27. The van der Waals surface area contributed by atoms with Gasteiger partial charge in [-0.05, 0) is 57.5 Å². The van der Waals surface area contributed by atoms with E-state index in [2.05, 4.69) is 17.0 Å². The molecule has 0 unspecified atom stereocenters. The van der Waals surface area contributed by atoms with Crippen LogP contribution in [0.25, 0.3) is 0 Å². The molecule has 120 valence electrons. The lowest BCUT2D eigenvalue weighted by molar-refractivity contribution is 0.123. The van der Waals surface area contributed by atoms with Crippen molar-refractivity contribution in [3.8, 4) is 0 Å². The van der Waals surface area contributed by atoms with Crippen molar-refractivity contribution in [2.45, 2.75) is 45.4 Å². The number of nitrogens with one attached hydrogen (secondary N) is 2. The number of hydrogen-bond donors (Lipinski definition) is 2. The topological polar surface area (TPSA) is 67.4 Å². The van der Waals surface area contributed by atoms with Crippen LogP contribution < -0.4 is 10.0 Å². The van der Waals surface area contributed by atoms with Gasteiger partial charge in [0.15, 0.2) is 0 Å². The monoisotopic (exact) mass is 306 g/mol. The molecule has 0 aromatic heterocycles. The van der Waals surface area contributed by atoms with Crippen LogP contribution >= 0.6 is 0 Å². The third kappa shape index (κ3) is 10.6. The van der Waals surface area contributed by atoms with Gasteiger partial charge in [-0.2, -0.15) is 0 Å². The van der Waals surface area contributed by atoms with Gasteiger partial charge in [-0.25, -0.2) is 13.1 Å². The Morgan fingerprint density at radius 2 is 1.90 bits per heavy atom. The fourth-order valence-corrected chi connectivity index (χ4v) is 3.04. The fraction of sp³-hybridized carbons (Fsp3) is 1.00. The van der Waals surface area contributed by atoms with Crippen LogP contribution in [0.4, 0.5) is 0 Å². The van der Waals surface area contributed by atoms with Crippen molar-refractivity contribution in [3.63, 3.8) is 0 Å². The van der Waals surface area contributed by atoms with E-state index in [1.165, 1.54) is 12.8 Å². The highest BCUT2D eigenvalue weighted by Crippen LogP contribution is 2.28. The molecule has 0 aromatic rings. The highest BCUT2D eigenvalue weighted by atomic mass is 32.2. The van der Waals surface area contributed by atoms with Crippen LogP contribution in [0.2, 0.25) is 0 Å². The summed E-state index contributed by atoms with van der Waals surface area (Å²) >= 11 is 0. The average molecular weight is 306 g/mol. The minimum atomic E-state index is -3.10. The van der Waals surface area contributed by atoms with E-state index in [4.69, 9.17) is 4.74 Å². The lowest BCUT2D eigenvalue weighted by Gasteiger charge is -2.07. The quantitative estimate of drug-likeness (QED) is 0.477. The van der Waals surface area contributed by atoms with Crippen LogP contribution in [0, 0.1) is 5.92 Å².